The molecule has 0 fully saturated rings. The number of benzene rings is 1. The van der Waals surface area contributed by atoms with Crippen molar-refractivity contribution in [1.29, 1.82) is 5.26 Å². The molecule has 2 rings (SSSR count). The molecule has 0 unspecified atom stereocenters. The smallest absolute Gasteiger partial charge is 0.271 e. The van der Waals surface area contributed by atoms with Crippen LogP contribution in [0.4, 0.5) is 0 Å². The van der Waals surface area contributed by atoms with Crippen LogP contribution in [0.3, 0.4) is 0 Å². The number of ether oxygens (including phenoxy) is 1. The molecule has 6 nitrogen and oxygen atoms in total. The lowest BCUT2D eigenvalue weighted by atomic mass is 9.97. The summed E-state index contributed by atoms with van der Waals surface area (Å²) in [5.74, 6) is -0.332. The minimum absolute atomic E-state index is 0.0294. The van der Waals surface area contributed by atoms with Gasteiger partial charge in [-0.3, -0.25) is 14.2 Å². The maximum absolute atomic E-state index is 12.9. The first-order valence-corrected chi connectivity index (χ1v) is 8.10. The molecule has 6 heteroatoms. The van der Waals surface area contributed by atoms with Gasteiger partial charge in [0, 0.05) is 12.1 Å². The molecule has 0 atom stereocenters. The Bertz CT molecular complexity index is 907. The summed E-state index contributed by atoms with van der Waals surface area (Å²) in [5.41, 5.74) is -0.244. The van der Waals surface area contributed by atoms with Gasteiger partial charge < -0.3 is 9.84 Å². The normalized spacial score (nSPS) is 10.3. The third-order valence-electron chi connectivity index (χ3n) is 3.88. The molecule has 0 aliphatic carbocycles. The summed E-state index contributed by atoms with van der Waals surface area (Å²) in [6.07, 6.45) is 0.578. The van der Waals surface area contributed by atoms with Gasteiger partial charge in [0.05, 0.1) is 12.2 Å². The van der Waals surface area contributed by atoms with Crippen LogP contribution >= 0.6 is 0 Å². The molecule has 2 aromatic rings. The fourth-order valence-electron chi connectivity index (χ4n) is 2.69. The average molecular weight is 340 g/mol. The highest BCUT2D eigenvalue weighted by atomic mass is 16.5. The number of pyridine rings is 1. The van der Waals surface area contributed by atoms with Gasteiger partial charge in [-0.1, -0.05) is 19.1 Å². The van der Waals surface area contributed by atoms with E-state index >= 15 is 0 Å². The predicted octanol–water partition coefficient (Wildman–Crippen LogP) is 2.77. The molecule has 0 saturated heterocycles. The summed E-state index contributed by atoms with van der Waals surface area (Å²) in [5, 5.41) is 19.8. The molecule has 1 heterocycles. The highest BCUT2D eigenvalue weighted by Gasteiger charge is 2.24. The summed E-state index contributed by atoms with van der Waals surface area (Å²) >= 11 is 0. The lowest BCUT2D eigenvalue weighted by Crippen LogP contribution is -2.26. The number of carbonyl (C=O) groups excluding carboxylic acids is 1. The minimum Gasteiger partial charge on any atom is -0.494 e. The molecule has 1 aromatic carbocycles. The zero-order valence-corrected chi connectivity index (χ0v) is 14.5. The molecule has 0 spiro atoms. The number of aromatic nitrogens is 1. The molecule has 0 aliphatic heterocycles. The first-order valence-electron chi connectivity index (χ1n) is 8.10. The second-order valence-corrected chi connectivity index (χ2v) is 5.56. The molecule has 0 radical (unpaired) electrons. The van der Waals surface area contributed by atoms with Crippen LogP contribution < -0.4 is 10.3 Å². The second kappa shape index (κ2) is 7.67. The number of hydrogen-bond acceptors (Lipinski definition) is 5. The lowest BCUT2D eigenvalue weighted by molar-refractivity contribution is 0.103. The first kappa shape index (κ1) is 18.3. The van der Waals surface area contributed by atoms with Crippen molar-refractivity contribution in [1.82, 2.24) is 4.57 Å². The van der Waals surface area contributed by atoms with Crippen LogP contribution in [-0.4, -0.2) is 22.1 Å². The molecule has 1 aromatic heterocycles. The first-order chi connectivity index (χ1) is 12.0. The number of aromatic hydroxyl groups is 1. The molecular formula is C19H20N2O4. The minimum atomic E-state index is -0.584. The van der Waals surface area contributed by atoms with Crippen molar-refractivity contribution in [2.24, 2.45) is 0 Å². The summed E-state index contributed by atoms with van der Waals surface area (Å²) in [4.78, 5) is 25.3. The van der Waals surface area contributed by atoms with Crippen molar-refractivity contribution in [2.45, 2.75) is 33.7 Å². The number of carbonyl (C=O) groups is 1. The summed E-state index contributed by atoms with van der Waals surface area (Å²) in [7, 11) is 0. The van der Waals surface area contributed by atoms with Gasteiger partial charge in [0.2, 0.25) is 5.88 Å². The number of hydrogen-bond donors (Lipinski definition) is 1. The second-order valence-electron chi connectivity index (χ2n) is 5.56. The van der Waals surface area contributed by atoms with E-state index in [-0.39, 0.29) is 23.2 Å². The fourth-order valence-corrected chi connectivity index (χ4v) is 2.69. The molecule has 1 N–H and O–H groups in total. The molecule has 0 aliphatic rings. The maximum Gasteiger partial charge on any atom is 0.271 e. The third kappa shape index (κ3) is 3.41. The van der Waals surface area contributed by atoms with Crippen molar-refractivity contribution < 1.29 is 14.6 Å². The number of rotatable bonds is 6. The molecule has 0 saturated carbocycles. The number of nitriles is 1. The Hall–Kier alpha value is -3.07. The fraction of sp³-hybridized carbons (Fsp3) is 0.316. The van der Waals surface area contributed by atoms with Crippen LogP contribution in [0.5, 0.6) is 11.6 Å². The van der Waals surface area contributed by atoms with Crippen LogP contribution in [0.15, 0.2) is 29.1 Å². The Balaban J connectivity index is 2.68. The highest BCUT2D eigenvalue weighted by Crippen LogP contribution is 2.26. The summed E-state index contributed by atoms with van der Waals surface area (Å²) < 4.78 is 6.47. The highest BCUT2D eigenvalue weighted by molar-refractivity contribution is 6.11. The molecule has 130 valence electrons. The van der Waals surface area contributed by atoms with Crippen molar-refractivity contribution >= 4 is 5.78 Å². The Kier molecular flexibility index (Phi) is 5.60. The van der Waals surface area contributed by atoms with Crippen LogP contribution in [0.25, 0.3) is 0 Å². The largest absolute Gasteiger partial charge is 0.494 e. The zero-order valence-electron chi connectivity index (χ0n) is 14.5. The van der Waals surface area contributed by atoms with Gasteiger partial charge in [-0.05, 0) is 38.0 Å². The summed E-state index contributed by atoms with van der Waals surface area (Å²) in [6, 6.07) is 8.43. The molecule has 0 amide bonds. The van der Waals surface area contributed by atoms with Crippen molar-refractivity contribution in [2.75, 3.05) is 6.61 Å². The van der Waals surface area contributed by atoms with Crippen LogP contribution in [0, 0.1) is 18.3 Å². The van der Waals surface area contributed by atoms with Crippen molar-refractivity contribution in [3.63, 3.8) is 0 Å². The van der Waals surface area contributed by atoms with Gasteiger partial charge in [-0.2, -0.15) is 5.26 Å². The van der Waals surface area contributed by atoms with E-state index in [4.69, 9.17) is 4.74 Å². The van der Waals surface area contributed by atoms with Crippen LogP contribution in [0.1, 0.15) is 47.3 Å². The van der Waals surface area contributed by atoms with E-state index in [0.717, 1.165) is 4.57 Å². The van der Waals surface area contributed by atoms with Crippen molar-refractivity contribution in [3.8, 4) is 17.7 Å². The monoisotopic (exact) mass is 340 g/mol. The van der Waals surface area contributed by atoms with E-state index in [0.29, 0.717) is 24.3 Å². The summed E-state index contributed by atoms with van der Waals surface area (Å²) in [6.45, 7) is 5.85. The van der Waals surface area contributed by atoms with E-state index in [1.165, 1.54) is 6.92 Å². The predicted molar refractivity (Wildman–Crippen MR) is 93.2 cm³/mol. The number of nitrogens with zero attached hydrogens (tertiary/aromatic N) is 2. The molecular weight excluding hydrogens is 320 g/mol. The Morgan fingerprint density at radius 3 is 2.68 bits per heavy atom. The average Bonchev–Trinajstić information content (AvgIpc) is 2.59. The van der Waals surface area contributed by atoms with Gasteiger partial charge in [0.1, 0.15) is 17.4 Å². The van der Waals surface area contributed by atoms with E-state index in [2.05, 4.69) is 0 Å². The maximum atomic E-state index is 12.9. The third-order valence-corrected chi connectivity index (χ3v) is 3.88. The van der Waals surface area contributed by atoms with E-state index in [9.17, 15) is 20.0 Å². The number of ketones is 1. The Morgan fingerprint density at radius 2 is 2.08 bits per heavy atom. The van der Waals surface area contributed by atoms with Crippen molar-refractivity contribution in [3.05, 3.63) is 56.9 Å². The van der Waals surface area contributed by atoms with Gasteiger partial charge in [-0.15, -0.1) is 0 Å². The SMILES string of the molecule is CCCn1c(O)c(C(=O)c2cccc(OCC)c2)c(C)c(C#N)c1=O. The van der Waals surface area contributed by atoms with Gasteiger partial charge in [0.25, 0.3) is 5.56 Å². The lowest BCUT2D eigenvalue weighted by Gasteiger charge is -2.15. The van der Waals surface area contributed by atoms with Crippen LogP contribution in [0.2, 0.25) is 0 Å². The molecule has 0 bridgehead atoms. The van der Waals surface area contributed by atoms with Gasteiger partial charge in [-0.25, -0.2) is 0 Å². The topological polar surface area (TPSA) is 92.3 Å². The Labute approximate surface area is 145 Å². The van der Waals surface area contributed by atoms with Gasteiger partial charge in [0.15, 0.2) is 5.78 Å². The quantitative estimate of drug-likeness (QED) is 0.816. The zero-order chi connectivity index (χ0) is 18.6. The standard InChI is InChI=1S/C19H20N2O4/c1-4-9-21-18(23)15(11-20)12(3)16(19(21)24)17(22)13-7-6-8-14(10-13)25-5-2/h6-8,10,24H,4-5,9H2,1-3H3. The molecule has 25 heavy (non-hydrogen) atoms. The van der Waals surface area contributed by atoms with E-state index in [1.807, 2.05) is 19.9 Å². The van der Waals surface area contributed by atoms with E-state index in [1.54, 1.807) is 24.3 Å². The Morgan fingerprint density at radius 1 is 1.36 bits per heavy atom. The van der Waals surface area contributed by atoms with E-state index < -0.39 is 17.2 Å². The van der Waals surface area contributed by atoms with Gasteiger partial charge >= 0.3 is 0 Å². The van der Waals surface area contributed by atoms with Crippen LogP contribution in [-0.2, 0) is 6.54 Å².